The van der Waals surface area contributed by atoms with Gasteiger partial charge in [0.15, 0.2) is 0 Å². The summed E-state index contributed by atoms with van der Waals surface area (Å²) in [7, 11) is 0. The lowest BCUT2D eigenvalue weighted by Gasteiger charge is -2.21. The molecule has 0 saturated carbocycles. The average Bonchev–Trinajstić information content (AvgIpc) is 2.28. The maximum absolute atomic E-state index is 12.5. The van der Waals surface area contributed by atoms with Crippen LogP contribution in [0.1, 0.15) is 36.4 Å². The standard InChI is InChI=1S/C13H15F3N/c1-2-3-4-8-12(17)10-6-5-7-11(9-10)13(14,15)16/h2,5-7,9,12,17H,1,3-4,8H2/q-1/t12-/m0/s1. The molecule has 94 valence electrons. The predicted molar refractivity (Wildman–Crippen MR) is 62.6 cm³/mol. The predicted octanol–water partition coefficient (Wildman–Crippen LogP) is 5.16. The van der Waals surface area contributed by atoms with Crippen LogP contribution in [0.15, 0.2) is 36.9 Å². The fourth-order valence-electron chi connectivity index (χ4n) is 1.56. The molecule has 1 nitrogen and oxygen atoms in total. The molecule has 0 aliphatic rings. The molecule has 0 fully saturated rings. The van der Waals surface area contributed by atoms with Gasteiger partial charge in [-0.05, 0) is 12.5 Å². The lowest BCUT2D eigenvalue weighted by molar-refractivity contribution is -0.137. The maximum atomic E-state index is 12.5. The highest BCUT2D eigenvalue weighted by Crippen LogP contribution is 2.32. The van der Waals surface area contributed by atoms with Crippen molar-refractivity contribution in [3.05, 3.63) is 53.8 Å². The highest BCUT2D eigenvalue weighted by atomic mass is 19.4. The molecule has 0 heterocycles. The molecule has 0 radical (unpaired) electrons. The van der Waals surface area contributed by atoms with Gasteiger partial charge in [0.05, 0.1) is 5.56 Å². The third-order valence-electron chi connectivity index (χ3n) is 2.52. The van der Waals surface area contributed by atoms with E-state index >= 15 is 0 Å². The molecule has 1 atom stereocenters. The summed E-state index contributed by atoms with van der Waals surface area (Å²) in [4.78, 5) is 0. The minimum atomic E-state index is -4.34. The van der Waals surface area contributed by atoms with E-state index in [1.54, 1.807) is 12.1 Å². The fourth-order valence-corrected chi connectivity index (χ4v) is 1.56. The maximum Gasteiger partial charge on any atom is 0.416 e. The van der Waals surface area contributed by atoms with Gasteiger partial charge in [0.25, 0.3) is 0 Å². The first kappa shape index (κ1) is 13.8. The summed E-state index contributed by atoms with van der Waals surface area (Å²) in [6, 6.07) is 4.41. The zero-order valence-corrected chi connectivity index (χ0v) is 9.43. The van der Waals surface area contributed by atoms with Crippen LogP contribution >= 0.6 is 0 Å². The van der Waals surface area contributed by atoms with Crippen LogP contribution in [0.3, 0.4) is 0 Å². The van der Waals surface area contributed by atoms with Crippen LogP contribution in [0, 0.1) is 0 Å². The molecule has 0 aliphatic carbocycles. The molecule has 0 saturated heterocycles. The van der Waals surface area contributed by atoms with E-state index in [9.17, 15) is 13.2 Å². The summed E-state index contributed by atoms with van der Waals surface area (Å²) < 4.78 is 37.4. The lowest BCUT2D eigenvalue weighted by Crippen LogP contribution is -2.06. The number of allylic oxidation sites excluding steroid dienone is 1. The summed E-state index contributed by atoms with van der Waals surface area (Å²) >= 11 is 0. The molecular weight excluding hydrogens is 227 g/mol. The van der Waals surface area contributed by atoms with Crippen LogP contribution < -0.4 is 0 Å². The van der Waals surface area contributed by atoms with Gasteiger partial charge in [-0.3, -0.25) is 0 Å². The third kappa shape index (κ3) is 4.23. The fraction of sp³-hybridized carbons (Fsp3) is 0.385. The monoisotopic (exact) mass is 242 g/mol. The van der Waals surface area contributed by atoms with Gasteiger partial charge in [-0.2, -0.15) is 13.2 Å². The van der Waals surface area contributed by atoms with Gasteiger partial charge < -0.3 is 5.73 Å². The molecule has 0 amide bonds. The van der Waals surface area contributed by atoms with Crippen LogP contribution in [0.5, 0.6) is 0 Å². The van der Waals surface area contributed by atoms with Crippen LogP contribution in [0.4, 0.5) is 13.2 Å². The number of hydrogen-bond donors (Lipinski definition) is 0. The zero-order chi connectivity index (χ0) is 12.9. The number of halogens is 3. The van der Waals surface area contributed by atoms with Crippen LogP contribution in [0.25, 0.3) is 5.73 Å². The Labute approximate surface area is 99.1 Å². The Morgan fingerprint density at radius 1 is 1.35 bits per heavy atom. The quantitative estimate of drug-likeness (QED) is 0.503. The van der Waals surface area contributed by atoms with E-state index in [2.05, 4.69) is 6.58 Å². The molecule has 4 heteroatoms. The number of alkyl halides is 3. The molecule has 1 aromatic rings. The Hall–Kier alpha value is -1.29. The van der Waals surface area contributed by atoms with Gasteiger partial charge in [0.2, 0.25) is 0 Å². The smallest absolute Gasteiger partial charge is 0.416 e. The van der Waals surface area contributed by atoms with E-state index in [4.69, 9.17) is 5.73 Å². The van der Waals surface area contributed by atoms with E-state index in [1.807, 2.05) is 0 Å². The molecule has 0 aliphatic heterocycles. The van der Waals surface area contributed by atoms with Crippen molar-refractivity contribution in [2.24, 2.45) is 0 Å². The van der Waals surface area contributed by atoms with Crippen LogP contribution in [0.2, 0.25) is 0 Å². The van der Waals surface area contributed by atoms with Crippen LogP contribution in [-0.4, -0.2) is 0 Å². The summed E-state index contributed by atoms with van der Waals surface area (Å²) in [6.07, 6.45) is -0.481. The van der Waals surface area contributed by atoms with Crippen LogP contribution in [-0.2, 0) is 6.18 Å². The Balaban J connectivity index is 2.74. The SMILES string of the molecule is C=CCCC[C@H]([NH-])c1cccc(C(F)(F)F)c1. The normalized spacial score (nSPS) is 13.4. The first-order valence-electron chi connectivity index (χ1n) is 5.44. The zero-order valence-electron chi connectivity index (χ0n) is 9.43. The van der Waals surface area contributed by atoms with Gasteiger partial charge >= 0.3 is 6.18 Å². The lowest BCUT2D eigenvalue weighted by atomic mass is 10.00. The van der Waals surface area contributed by atoms with E-state index in [0.717, 1.165) is 25.0 Å². The average molecular weight is 242 g/mol. The third-order valence-corrected chi connectivity index (χ3v) is 2.52. The Morgan fingerprint density at radius 2 is 2.06 bits per heavy atom. The van der Waals surface area contributed by atoms with E-state index in [1.165, 1.54) is 6.07 Å². The summed E-state index contributed by atoms with van der Waals surface area (Å²) in [5, 5.41) is 0. The Morgan fingerprint density at radius 3 is 2.65 bits per heavy atom. The highest BCUT2D eigenvalue weighted by molar-refractivity contribution is 5.29. The Bertz CT molecular complexity index is 371. The number of nitrogens with one attached hydrogen (secondary N) is 1. The van der Waals surface area contributed by atoms with E-state index in [0.29, 0.717) is 12.0 Å². The minimum absolute atomic E-state index is 0.420. The van der Waals surface area contributed by atoms with Crippen molar-refractivity contribution < 1.29 is 13.2 Å². The van der Waals surface area contributed by atoms with E-state index in [-0.39, 0.29) is 0 Å². The molecule has 1 aromatic carbocycles. The highest BCUT2D eigenvalue weighted by Gasteiger charge is 2.30. The van der Waals surface area contributed by atoms with Crippen molar-refractivity contribution in [3.63, 3.8) is 0 Å². The van der Waals surface area contributed by atoms with Crippen molar-refractivity contribution in [1.82, 2.24) is 0 Å². The van der Waals surface area contributed by atoms with Gasteiger partial charge in [-0.1, -0.05) is 42.7 Å². The summed E-state index contributed by atoms with van der Waals surface area (Å²) in [5.74, 6) is 0. The molecule has 0 bridgehead atoms. The molecule has 0 spiro atoms. The van der Waals surface area contributed by atoms with Gasteiger partial charge in [-0.15, -0.1) is 12.6 Å². The van der Waals surface area contributed by atoms with Gasteiger partial charge in [0.1, 0.15) is 0 Å². The number of rotatable bonds is 5. The summed E-state index contributed by atoms with van der Waals surface area (Å²) in [5.41, 5.74) is 7.53. The summed E-state index contributed by atoms with van der Waals surface area (Å²) in [6.45, 7) is 3.57. The van der Waals surface area contributed by atoms with Gasteiger partial charge in [0, 0.05) is 0 Å². The Kier molecular flexibility index (Phi) is 4.75. The van der Waals surface area contributed by atoms with Crippen molar-refractivity contribution in [2.45, 2.75) is 31.5 Å². The number of unbranched alkanes of at least 4 members (excludes halogenated alkanes) is 1. The van der Waals surface area contributed by atoms with Crippen molar-refractivity contribution >= 4 is 0 Å². The second kappa shape index (κ2) is 5.87. The van der Waals surface area contributed by atoms with Crippen molar-refractivity contribution in [1.29, 1.82) is 0 Å². The minimum Gasteiger partial charge on any atom is -0.671 e. The first-order valence-corrected chi connectivity index (χ1v) is 5.44. The van der Waals surface area contributed by atoms with E-state index < -0.39 is 17.8 Å². The molecule has 1 N–H and O–H groups in total. The molecular formula is C13H15F3N-. The first-order chi connectivity index (χ1) is 7.95. The second-order valence-electron chi connectivity index (χ2n) is 3.90. The molecule has 0 unspecified atom stereocenters. The topological polar surface area (TPSA) is 23.8 Å². The number of benzene rings is 1. The molecule has 1 rings (SSSR count). The van der Waals surface area contributed by atoms with Crippen molar-refractivity contribution in [2.75, 3.05) is 0 Å². The molecule has 17 heavy (non-hydrogen) atoms. The number of hydrogen-bond acceptors (Lipinski definition) is 0. The van der Waals surface area contributed by atoms with Crippen molar-refractivity contribution in [3.8, 4) is 0 Å². The molecule has 0 aromatic heterocycles. The second-order valence-corrected chi connectivity index (χ2v) is 3.90. The van der Waals surface area contributed by atoms with Gasteiger partial charge in [-0.25, -0.2) is 0 Å². The largest absolute Gasteiger partial charge is 0.671 e.